The van der Waals surface area contributed by atoms with E-state index in [4.69, 9.17) is 13.9 Å². The normalized spacial score (nSPS) is 20.4. The number of Topliss-reactive ketones (excluding diaryl/α,β-unsaturated/α-hetero) is 1. The molecule has 0 spiro atoms. The first-order chi connectivity index (χ1) is 17.5. The maximum Gasteiger partial charge on any atom is 0.296 e. The van der Waals surface area contributed by atoms with Crippen molar-refractivity contribution in [1.82, 2.24) is 4.90 Å². The molecule has 2 aliphatic heterocycles. The predicted molar refractivity (Wildman–Crippen MR) is 134 cm³/mol. The molecule has 5 rings (SSSR count). The molecule has 0 bridgehead atoms. The lowest BCUT2D eigenvalue weighted by Crippen LogP contribution is -2.29. The van der Waals surface area contributed by atoms with Crippen LogP contribution in [0.25, 0.3) is 5.76 Å². The lowest BCUT2D eigenvalue weighted by molar-refractivity contribution is -0.140. The maximum atomic E-state index is 13.3. The number of furan rings is 1. The van der Waals surface area contributed by atoms with Crippen molar-refractivity contribution in [2.75, 3.05) is 6.61 Å². The molecule has 2 atom stereocenters. The van der Waals surface area contributed by atoms with Gasteiger partial charge >= 0.3 is 0 Å². The van der Waals surface area contributed by atoms with Crippen LogP contribution in [0.1, 0.15) is 55.2 Å². The molecule has 7 heteroatoms. The molecule has 2 aliphatic rings. The third-order valence-electron chi connectivity index (χ3n) is 6.56. The average Bonchev–Trinajstić information content (AvgIpc) is 3.58. The van der Waals surface area contributed by atoms with Crippen molar-refractivity contribution in [3.05, 3.63) is 88.9 Å². The van der Waals surface area contributed by atoms with Crippen molar-refractivity contribution in [3.8, 4) is 11.5 Å². The molecule has 0 unspecified atom stereocenters. The summed E-state index contributed by atoms with van der Waals surface area (Å²) in [4.78, 5) is 28.0. The molecule has 3 heterocycles. The van der Waals surface area contributed by atoms with E-state index in [-0.39, 0.29) is 24.0 Å². The summed E-state index contributed by atoms with van der Waals surface area (Å²) < 4.78 is 17.1. The SMILES string of the molecule is CCCCOc1cccc([C@H]2C(=C(O)c3ccc4c(c3)C[C@H](C)O4)C(=O)C(=O)N2Cc2ccco2)c1. The molecule has 0 saturated carbocycles. The molecule has 1 aromatic heterocycles. The van der Waals surface area contributed by atoms with Crippen molar-refractivity contribution >= 4 is 17.4 Å². The second-order valence-electron chi connectivity index (χ2n) is 9.24. The highest BCUT2D eigenvalue weighted by Gasteiger charge is 2.46. The second kappa shape index (κ2) is 9.93. The van der Waals surface area contributed by atoms with Gasteiger partial charge < -0.3 is 23.9 Å². The lowest BCUT2D eigenvalue weighted by atomic mass is 9.94. The number of aliphatic hydroxyl groups is 1. The molecule has 36 heavy (non-hydrogen) atoms. The zero-order chi connectivity index (χ0) is 25.2. The number of ether oxygens (including phenoxy) is 2. The number of unbranched alkanes of at least 4 members (excludes halogenated alkanes) is 1. The number of amides is 1. The van der Waals surface area contributed by atoms with Gasteiger partial charge in [-0.1, -0.05) is 25.5 Å². The smallest absolute Gasteiger partial charge is 0.296 e. The Hall–Kier alpha value is -4.00. The van der Waals surface area contributed by atoms with Crippen LogP contribution in [0.4, 0.5) is 0 Å². The van der Waals surface area contributed by atoms with Gasteiger partial charge in [0.15, 0.2) is 0 Å². The van der Waals surface area contributed by atoms with E-state index in [0.717, 1.165) is 24.2 Å². The summed E-state index contributed by atoms with van der Waals surface area (Å²) in [6.45, 7) is 4.74. The summed E-state index contributed by atoms with van der Waals surface area (Å²) in [6, 6.07) is 15.4. The van der Waals surface area contributed by atoms with E-state index in [2.05, 4.69) is 6.92 Å². The van der Waals surface area contributed by atoms with Crippen molar-refractivity contribution < 1.29 is 28.6 Å². The molecule has 2 aromatic carbocycles. The Morgan fingerprint density at radius 2 is 2.00 bits per heavy atom. The Bertz CT molecular complexity index is 1310. The number of ketones is 1. The van der Waals surface area contributed by atoms with Crippen LogP contribution in [-0.2, 0) is 22.6 Å². The minimum Gasteiger partial charge on any atom is -0.507 e. The molecular weight excluding hydrogens is 458 g/mol. The largest absolute Gasteiger partial charge is 0.507 e. The van der Waals surface area contributed by atoms with E-state index in [9.17, 15) is 14.7 Å². The number of hydrogen-bond acceptors (Lipinski definition) is 6. The highest BCUT2D eigenvalue weighted by atomic mass is 16.5. The second-order valence-corrected chi connectivity index (χ2v) is 9.24. The molecular formula is C29H29NO6. The van der Waals surface area contributed by atoms with Crippen LogP contribution >= 0.6 is 0 Å². The number of benzene rings is 2. The highest BCUT2D eigenvalue weighted by molar-refractivity contribution is 6.46. The van der Waals surface area contributed by atoms with Gasteiger partial charge in [-0.2, -0.15) is 0 Å². The Balaban J connectivity index is 1.59. The molecule has 186 valence electrons. The summed E-state index contributed by atoms with van der Waals surface area (Å²) in [5, 5.41) is 11.4. The van der Waals surface area contributed by atoms with Crippen molar-refractivity contribution in [2.24, 2.45) is 0 Å². The van der Waals surface area contributed by atoms with E-state index in [1.54, 1.807) is 24.3 Å². The third kappa shape index (κ3) is 4.49. The van der Waals surface area contributed by atoms with E-state index in [1.165, 1.54) is 11.2 Å². The number of nitrogens with zero attached hydrogens (tertiary/aromatic N) is 1. The number of rotatable bonds is 8. The quantitative estimate of drug-likeness (QED) is 0.198. The fraction of sp³-hybridized carbons (Fsp3) is 0.310. The molecule has 1 fully saturated rings. The minimum absolute atomic E-state index is 0.0455. The van der Waals surface area contributed by atoms with E-state index in [0.29, 0.717) is 35.7 Å². The van der Waals surface area contributed by atoms with Gasteiger partial charge in [-0.05, 0) is 66.9 Å². The molecule has 1 N–H and O–H groups in total. The first-order valence-corrected chi connectivity index (χ1v) is 12.3. The Morgan fingerprint density at radius 3 is 2.78 bits per heavy atom. The van der Waals surface area contributed by atoms with E-state index in [1.807, 2.05) is 37.3 Å². The lowest BCUT2D eigenvalue weighted by Gasteiger charge is -2.25. The van der Waals surface area contributed by atoms with Crippen LogP contribution in [0.5, 0.6) is 11.5 Å². The average molecular weight is 488 g/mol. The number of fused-ring (bicyclic) bond motifs is 1. The van der Waals surface area contributed by atoms with Gasteiger partial charge in [-0.3, -0.25) is 9.59 Å². The summed E-state index contributed by atoms with van der Waals surface area (Å²) >= 11 is 0. The number of carbonyl (C=O) groups excluding carboxylic acids is 2. The monoisotopic (exact) mass is 487 g/mol. The molecule has 1 saturated heterocycles. The zero-order valence-corrected chi connectivity index (χ0v) is 20.4. The van der Waals surface area contributed by atoms with Crippen molar-refractivity contribution in [3.63, 3.8) is 0 Å². The predicted octanol–water partition coefficient (Wildman–Crippen LogP) is 5.40. The molecule has 3 aromatic rings. The zero-order valence-electron chi connectivity index (χ0n) is 20.4. The van der Waals surface area contributed by atoms with Crippen molar-refractivity contribution in [1.29, 1.82) is 0 Å². The van der Waals surface area contributed by atoms with Crippen LogP contribution in [0.15, 0.2) is 70.9 Å². The topological polar surface area (TPSA) is 89.2 Å². The first-order valence-electron chi connectivity index (χ1n) is 12.3. The Kier molecular flexibility index (Phi) is 6.55. The number of carbonyl (C=O) groups is 2. The van der Waals surface area contributed by atoms with Gasteiger partial charge in [-0.25, -0.2) is 0 Å². The number of likely N-dealkylation sites (tertiary alicyclic amines) is 1. The number of aliphatic hydroxyl groups excluding tert-OH is 1. The van der Waals surface area contributed by atoms with Gasteiger partial charge in [0.1, 0.15) is 29.1 Å². The van der Waals surface area contributed by atoms with Crippen LogP contribution in [0.3, 0.4) is 0 Å². The van der Waals surface area contributed by atoms with Gasteiger partial charge in [0.25, 0.3) is 11.7 Å². The maximum absolute atomic E-state index is 13.3. The summed E-state index contributed by atoms with van der Waals surface area (Å²) in [5.74, 6) is 0.333. The summed E-state index contributed by atoms with van der Waals surface area (Å²) in [6.07, 6.45) is 4.21. The van der Waals surface area contributed by atoms with E-state index >= 15 is 0 Å². The summed E-state index contributed by atoms with van der Waals surface area (Å²) in [7, 11) is 0. The van der Waals surface area contributed by atoms with Crippen LogP contribution in [0, 0.1) is 0 Å². The molecule has 0 radical (unpaired) electrons. The fourth-order valence-electron chi connectivity index (χ4n) is 4.79. The van der Waals surface area contributed by atoms with Gasteiger partial charge in [0, 0.05) is 12.0 Å². The highest BCUT2D eigenvalue weighted by Crippen LogP contribution is 2.42. The standard InChI is InChI=1S/C29H29NO6/c1-3-4-12-34-22-8-5-7-19(16-22)26-25(28(32)29(33)30(26)17-23-9-6-13-35-23)27(31)20-10-11-24-21(15-20)14-18(2)36-24/h5-11,13,15-16,18,26,31H,3-4,12,14,17H2,1-2H3/t18-,26-/m0/s1. The Labute approximate surface area is 209 Å². The Morgan fingerprint density at radius 1 is 1.14 bits per heavy atom. The molecule has 7 nitrogen and oxygen atoms in total. The number of hydrogen-bond donors (Lipinski definition) is 1. The third-order valence-corrected chi connectivity index (χ3v) is 6.56. The van der Waals surface area contributed by atoms with Crippen LogP contribution in [0.2, 0.25) is 0 Å². The molecule has 0 aliphatic carbocycles. The van der Waals surface area contributed by atoms with E-state index < -0.39 is 17.7 Å². The van der Waals surface area contributed by atoms with Gasteiger partial charge in [-0.15, -0.1) is 0 Å². The van der Waals surface area contributed by atoms with Gasteiger partial charge in [0.05, 0.1) is 31.0 Å². The van der Waals surface area contributed by atoms with Crippen LogP contribution in [-0.4, -0.2) is 34.4 Å². The van der Waals surface area contributed by atoms with Gasteiger partial charge in [0.2, 0.25) is 0 Å². The van der Waals surface area contributed by atoms with Crippen LogP contribution < -0.4 is 9.47 Å². The minimum atomic E-state index is -0.798. The van der Waals surface area contributed by atoms with Crippen molar-refractivity contribution in [2.45, 2.75) is 51.8 Å². The fourth-order valence-corrected chi connectivity index (χ4v) is 4.79. The summed E-state index contributed by atoms with van der Waals surface area (Å²) in [5.41, 5.74) is 2.15. The molecule has 1 amide bonds. The first kappa shape index (κ1) is 23.7.